The SMILES string of the molecule is COc1cc2c(c(OC)c1O)C(=O)C[C@H](c1ccccc1)O2. The Labute approximate surface area is 128 Å². The second-order valence-corrected chi connectivity index (χ2v) is 4.98. The predicted octanol–water partition coefficient (Wildman–Crippen LogP) is 3.12. The minimum atomic E-state index is -0.361. The molecule has 0 saturated heterocycles. The fourth-order valence-corrected chi connectivity index (χ4v) is 2.63. The van der Waals surface area contributed by atoms with Crippen LogP contribution in [0.4, 0.5) is 0 Å². The Kier molecular flexibility index (Phi) is 3.63. The van der Waals surface area contributed by atoms with Crippen molar-refractivity contribution in [1.82, 2.24) is 0 Å². The molecule has 22 heavy (non-hydrogen) atoms. The Hall–Kier alpha value is -2.69. The van der Waals surface area contributed by atoms with Crippen LogP contribution in [0.1, 0.15) is 28.4 Å². The predicted molar refractivity (Wildman–Crippen MR) is 80.0 cm³/mol. The van der Waals surface area contributed by atoms with Crippen LogP contribution in [0.25, 0.3) is 0 Å². The first-order valence-corrected chi connectivity index (χ1v) is 6.88. The van der Waals surface area contributed by atoms with Crippen LogP contribution in [0.3, 0.4) is 0 Å². The third-order valence-electron chi connectivity index (χ3n) is 3.70. The Morgan fingerprint density at radius 3 is 2.55 bits per heavy atom. The number of aromatic hydroxyl groups is 1. The number of hydrogen-bond donors (Lipinski definition) is 1. The number of benzene rings is 2. The van der Waals surface area contributed by atoms with Gasteiger partial charge in [0, 0.05) is 6.07 Å². The number of hydrogen-bond acceptors (Lipinski definition) is 5. The maximum atomic E-state index is 12.5. The maximum Gasteiger partial charge on any atom is 0.201 e. The lowest BCUT2D eigenvalue weighted by Gasteiger charge is -2.27. The van der Waals surface area contributed by atoms with Crippen LogP contribution < -0.4 is 14.2 Å². The van der Waals surface area contributed by atoms with Crippen LogP contribution in [-0.4, -0.2) is 25.1 Å². The van der Waals surface area contributed by atoms with Gasteiger partial charge < -0.3 is 19.3 Å². The van der Waals surface area contributed by atoms with Gasteiger partial charge in [-0.3, -0.25) is 4.79 Å². The topological polar surface area (TPSA) is 65.0 Å². The number of methoxy groups -OCH3 is 2. The van der Waals surface area contributed by atoms with Crippen molar-refractivity contribution >= 4 is 5.78 Å². The number of phenols is 1. The number of fused-ring (bicyclic) bond motifs is 1. The van der Waals surface area contributed by atoms with Crippen LogP contribution in [0, 0.1) is 0 Å². The van der Waals surface area contributed by atoms with Crippen LogP contribution in [0.15, 0.2) is 36.4 Å². The summed E-state index contributed by atoms with van der Waals surface area (Å²) in [5.74, 6) is 0.323. The van der Waals surface area contributed by atoms with Crippen molar-refractivity contribution in [3.63, 3.8) is 0 Å². The summed E-state index contributed by atoms with van der Waals surface area (Å²) in [4.78, 5) is 12.5. The zero-order valence-corrected chi connectivity index (χ0v) is 12.3. The van der Waals surface area contributed by atoms with E-state index < -0.39 is 0 Å². The second-order valence-electron chi connectivity index (χ2n) is 4.98. The van der Waals surface area contributed by atoms with Gasteiger partial charge in [-0.2, -0.15) is 0 Å². The van der Waals surface area contributed by atoms with Crippen molar-refractivity contribution < 1.29 is 24.1 Å². The highest BCUT2D eigenvalue weighted by Crippen LogP contribution is 2.48. The van der Waals surface area contributed by atoms with Crippen LogP contribution in [0.5, 0.6) is 23.0 Å². The Morgan fingerprint density at radius 2 is 1.91 bits per heavy atom. The minimum absolute atomic E-state index is 0.0888. The molecule has 3 rings (SSSR count). The maximum absolute atomic E-state index is 12.5. The number of ether oxygens (including phenoxy) is 3. The van der Waals surface area contributed by atoms with Gasteiger partial charge in [0.15, 0.2) is 17.3 Å². The molecular weight excluding hydrogens is 284 g/mol. The molecular formula is C17H16O5. The van der Waals surface area contributed by atoms with E-state index in [-0.39, 0.29) is 41.1 Å². The molecule has 0 amide bonds. The highest BCUT2D eigenvalue weighted by Gasteiger charge is 2.33. The lowest BCUT2D eigenvalue weighted by molar-refractivity contribution is 0.0842. The number of carbonyl (C=O) groups is 1. The van der Waals surface area contributed by atoms with E-state index >= 15 is 0 Å². The second kappa shape index (κ2) is 5.60. The van der Waals surface area contributed by atoms with Crippen LogP contribution in [-0.2, 0) is 0 Å². The normalized spacial score (nSPS) is 16.6. The van der Waals surface area contributed by atoms with E-state index in [4.69, 9.17) is 14.2 Å². The zero-order valence-electron chi connectivity index (χ0n) is 12.3. The average Bonchev–Trinajstić information content (AvgIpc) is 2.55. The summed E-state index contributed by atoms with van der Waals surface area (Å²) in [5.41, 5.74) is 1.18. The Morgan fingerprint density at radius 1 is 1.18 bits per heavy atom. The van der Waals surface area contributed by atoms with Gasteiger partial charge in [0.25, 0.3) is 0 Å². The highest BCUT2D eigenvalue weighted by molar-refractivity contribution is 6.03. The molecule has 0 saturated carbocycles. The van der Waals surface area contributed by atoms with Gasteiger partial charge in [0.05, 0.1) is 20.6 Å². The quantitative estimate of drug-likeness (QED) is 0.943. The molecule has 5 nitrogen and oxygen atoms in total. The first kappa shape index (κ1) is 14.3. The lowest BCUT2D eigenvalue weighted by Crippen LogP contribution is -2.21. The van der Waals surface area contributed by atoms with E-state index in [1.165, 1.54) is 20.3 Å². The highest BCUT2D eigenvalue weighted by atomic mass is 16.5. The first-order chi connectivity index (χ1) is 10.7. The average molecular weight is 300 g/mol. The van der Waals surface area contributed by atoms with Gasteiger partial charge in [0.2, 0.25) is 5.75 Å². The molecule has 0 bridgehead atoms. The first-order valence-electron chi connectivity index (χ1n) is 6.88. The number of phenolic OH excluding ortho intramolecular Hbond substituents is 1. The van der Waals surface area contributed by atoms with Gasteiger partial charge in [0.1, 0.15) is 17.4 Å². The third kappa shape index (κ3) is 2.24. The summed E-state index contributed by atoms with van der Waals surface area (Å²) in [6.07, 6.45) is -0.167. The molecule has 0 spiro atoms. The largest absolute Gasteiger partial charge is 0.502 e. The van der Waals surface area contributed by atoms with Crippen molar-refractivity contribution in [2.45, 2.75) is 12.5 Å². The van der Waals surface area contributed by atoms with Gasteiger partial charge in [-0.25, -0.2) is 0 Å². The molecule has 1 atom stereocenters. The molecule has 1 aliphatic rings. The number of rotatable bonds is 3. The summed E-state index contributed by atoms with van der Waals surface area (Å²) >= 11 is 0. The van der Waals surface area contributed by atoms with Crippen LogP contribution in [0.2, 0.25) is 0 Å². The fourth-order valence-electron chi connectivity index (χ4n) is 2.63. The molecule has 0 aromatic heterocycles. The molecule has 114 valence electrons. The Bertz CT molecular complexity index is 709. The standard InChI is InChI=1S/C17H16O5/c1-20-14-9-13-15(17(21-2)16(14)19)11(18)8-12(22-13)10-6-4-3-5-7-10/h3-7,9,12,19H,8H2,1-2H3/t12-/m1/s1. The molecule has 2 aromatic carbocycles. The summed E-state index contributed by atoms with van der Waals surface area (Å²) in [6.45, 7) is 0. The monoisotopic (exact) mass is 300 g/mol. The molecule has 0 unspecified atom stereocenters. The van der Waals surface area contributed by atoms with Crippen molar-refractivity contribution in [2.75, 3.05) is 14.2 Å². The third-order valence-corrected chi connectivity index (χ3v) is 3.70. The van der Waals surface area contributed by atoms with Crippen molar-refractivity contribution in [3.05, 3.63) is 47.5 Å². The van der Waals surface area contributed by atoms with E-state index in [0.29, 0.717) is 5.75 Å². The van der Waals surface area contributed by atoms with Gasteiger partial charge in [-0.05, 0) is 5.56 Å². The van der Waals surface area contributed by atoms with Gasteiger partial charge in [-0.1, -0.05) is 30.3 Å². The summed E-state index contributed by atoms with van der Waals surface area (Å²) in [7, 11) is 2.82. The van der Waals surface area contributed by atoms with E-state index in [0.717, 1.165) is 5.56 Å². The van der Waals surface area contributed by atoms with Gasteiger partial charge in [-0.15, -0.1) is 0 Å². The van der Waals surface area contributed by atoms with Crippen LogP contribution >= 0.6 is 0 Å². The number of Topliss-reactive ketones (excluding diaryl/α,β-unsaturated/α-hetero) is 1. The van der Waals surface area contributed by atoms with Crippen molar-refractivity contribution in [3.8, 4) is 23.0 Å². The molecule has 5 heteroatoms. The lowest BCUT2D eigenvalue weighted by atomic mass is 9.95. The Balaban J connectivity index is 2.08. The van der Waals surface area contributed by atoms with E-state index in [1.54, 1.807) is 0 Å². The van der Waals surface area contributed by atoms with Gasteiger partial charge >= 0.3 is 0 Å². The molecule has 2 aromatic rings. The molecule has 1 aliphatic heterocycles. The van der Waals surface area contributed by atoms with E-state index in [2.05, 4.69) is 0 Å². The molecule has 1 N–H and O–H groups in total. The molecule has 1 heterocycles. The van der Waals surface area contributed by atoms with E-state index in [1.807, 2.05) is 30.3 Å². The smallest absolute Gasteiger partial charge is 0.201 e. The number of carbonyl (C=O) groups excluding carboxylic acids is 1. The fraction of sp³-hybridized carbons (Fsp3) is 0.235. The van der Waals surface area contributed by atoms with E-state index in [9.17, 15) is 9.90 Å². The summed E-state index contributed by atoms with van der Waals surface area (Å²) in [5, 5.41) is 10.1. The zero-order chi connectivity index (χ0) is 15.7. The molecule has 0 aliphatic carbocycles. The molecule has 0 fully saturated rings. The number of ketones is 1. The molecule has 0 radical (unpaired) electrons. The van der Waals surface area contributed by atoms with Crippen molar-refractivity contribution in [1.29, 1.82) is 0 Å². The summed E-state index contributed by atoms with van der Waals surface area (Å²) in [6, 6.07) is 11.1. The minimum Gasteiger partial charge on any atom is -0.502 e. The summed E-state index contributed by atoms with van der Waals surface area (Å²) < 4.78 is 16.2. The van der Waals surface area contributed by atoms with Crippen molar-refractivity contribution in [2.24, 2.45) is 0 Å².